The van der Waals surface area contributed by atoms with Gasteiger partial charge in [0.2, 0.25) is 0 Å². The molecule has 0 bridgehead atoms. The third kappa shape index (κ3) is 4.35. The third-order valence-corrected chi connectivity index (χ3v) is 2.64. The zero-order chi connectivity index (χ0) is 15.8. The lowest BCUT2D eigenvalue weighted by atomic mass is 10.2. The van der Waals surface area contributed by atoms with E-state index in [-0.39, 0.29) is 12.4 Å². The fraction of sp³-hybridized carbons (Fsp3) is 0.0625. The van der Waals surface area contributed by atoms with Crippen LogP contribution in [0.3, 0.4) is 0 Å². The molecule has 2 N–H and O–H groups in total. The first-order valence-electron chi connectivity index (χ1n) is 6.42. The number of ether oxygens (including phenoxy) is 1. The van der Waals surface area contributed by atoms with Gasteiger partial charge in [-0.3, -0.25) is 4.79 Å². The minimum Gasteiger partial charge on any atom is -0.508 e. The topological polar surface area (TPSA) is 94.7 Å². The Balaban J connectivity index is 1.85. The summed E-state index contributed by atoms with van der Waals surface area (Å²) in [6, 6.07) is 15.1. The molecule has 0 heterocycles. The van der Waals surface area contributed by atoms with Crippen LogP contribution in [0.5, 0.6) is 11.5 Å². The van der Waals surface area contributed by atoms with E-state index in [1.165, 1.54) is 18.3 Å². The minimum atomic E-state index is -0.454. The van der Waals surface area contributed by atoms with E-state index < -0.39 is 5.91 Å². The number of hydrogen-bond donors (Lipinski definition) is 2. The summed E-state index contributed by atoms with van der Waals surface area (Å²) in [6.45, 7) is -0.254. The van der Waals surface area contributed by atoms with Gasteiger partial charge in [0.25, 0.3) is 5.91 Å². The molecule has 0 spiro atoms. The number of benzene rings is 2. The number of phenolic OH excluding ortho intramolecular Hbond substituents is 1. The SMILES string of the molecule is N#Cc1ccccc1OCC(=O)NN=Cc1cccc(O)c1. The second-order valence-corrected chi connectivity index (χ2v) is 4.28. The van der Waals surface area contributed by atoms with Crippen molar-refractivity contribution in [1.82, 2.24) is 5.43 Å². The van der Waals surface area contributed by atoms with E-state index in [1.807, 2.05) is 6.07 Å². The third-order valence-electron chi connectivity index (χ3n) is 2.64. The molecule has 0 saturated heterocycles. The van der Waals surface area contributed by atoms with Crippen LogP contribution in [0.25, 0.3) is 0 Å². The van der Waals surface area contributed by atoms with Crippen LogP contribution in [0.4, 0.5) is 0 Å². The van der Waals surface area contributed by atoms with Crippen molar-refractivity contribution in [3.05, 3.63) is 59.7 Å². The summed E-state index contributed by atoms with van der Waals surface area (Å²) >= 11 is 0. The Morgan fingerprint density at radius 3 is 2.91 bits per heavy atom. The normalized spacial score (nSPS) is 10.1. The van der Waals surface area contributed by atoms with Crippen molar-refractivity contribution in [2.45, 2.75) is 0 Å². The molecule has 0 aliphatic rings. The monoisotopic (exact) mass is 295 g/mol. The van der Waals surface area contributed by atoms with Crippen molar-refractivity contribution >= 4 is 12.1 Å². The highest BCUT2D eigenvalue weighted by atomic mass is 16.5. The van der Waals surface area contributed by atoms with Gasteiger partial charge >= 0.3 is 0 Å². The molecular formula is C16H13N3O3. The fourth-order valence-corrected chi connectivity index (χ4v) is 1.64. The predicted octanol–water partition coefficient (Wildman–Crippen LogP) is 1.79. The zero-order valence-corrected chi connectivity index (χ0v) is 11.6. The van der Waals surface area contributed by atoms with Crippen molar-refractivity contribution in [3.63, 3.8) is 0 Å². The van der Waals surface area contributed by atoms with E-state index in [0.29, 0.717) is 16.9 Å². The molecule has 1 amide bonds. The van der Waals surface area contributed by atoms with Crippen molar-refractivity contribution in [2.75, 3.05) is 6.61 Å². The number of amides is 1. The van der Waals surface area contributed by atoms with Crippen LogP contribution in [0.1, 0.15) is 11.1 Å². The second kappa shape index (κ2) is 7.45. The first-order valence-corrected chi connectivity index (χ1v) is 6.42. The van der Waals surface area contributed by atoms with Crippen molar-refractivity contribution in [1.29, 1.82) is 5.26 Å². The van der Waals surface area contributed by atoms with Gasteiger partial charge in [0, 0.05) is 0 Å². The van der Waals surface area contributed by atoms with Crippen LogP contribution in [0.15, 0.2) is 53.6 Å². The van der Waals surface area contributed by atoms with Crippen molar-refractivity contribution in [2.24, 2.45) is 5.10 Å². The number of rotatable bonds is 5. The second-order valence-electron chi connectivity index (χ2n) is 4.28. The number of carbonyl (C=O) groups excluding carboxylic acids is 1. The Kier molecular flexibility index (Phi) is 5.10. The van der Waals surface area contributed by atoms with Crippen LogP contribution in [-0.2, 0) is 4.79 Å². The lowest BCUT2D eigenvalue weighted by molar-refractivity contribution is -0.123. The van der Waals surface area contributed by atoms with Crippen LogP contribution >= 0.6 is 0 Å². The summed E-state index contributed by atoms with van der Waals surface area (Å²) in [5.41, 5.74) is 3.31. The number of nitrogens with one attached hydrogen (secondary N) is 1. The summed E-state index contributed by atoms with van der Waals surface area (Å²) in [6.07, 6.45) is 1.40. The van der Waals surface area contributed by atoms with Gasteiger partial charge < -0.3 is 9.84 Å². The lowest BCUT2D eigenvalue weighted by Gasteiger charge is -2.06. The number of phenols is 1. The molecule has 2 aromatic rings. The molecule has 0 unspecified atom stereocenters. The summed E-state index contributed by atoms with van der Waals surface area (Å²) in [4.78, 5) is 11.6. The molecule has 0 saturated carbocycles. The van der Waals surface area contributed by atoms with Gasteiger partial charge in [-0.05, 0) is 29.8 Å². The molecule has 2 rings (SSSR count). The lowest BCUT2D eigenvalue weighted by Crippen LogP contribution is -2.24. The highest BCUT2D eigenvalue weighted by Crippen LogP contribution is 2.16. The maximum atomic E-state index is 11.6. The summed E-state index contributed by atoms with van der Waals surface area (Å²) in [5, 5.41) is 21.9. The molecule has 0 fully saturated rings. The molecule has 22 heavy (non-hydrogen) atoms. The minimum absolute atomic E-state index is 0.117. The number of aromatic hydroxyl groups is 1. The molecule has 0 atom stereocenters. The zero-order valence-electron chi connectivity index (χ0n) is 11.6. The Hall–Kier alpha value is -3.33. The van der Waals surface area contributed by atoms with Gasteiger partial charge in [0.1, 0.15) is 17.6 Å². The van der Waals surface area contributed by atoms with Gasteiger partial charge in [0.05, 0.1) is 11.8 Å². The predicted molar refractivity (Wildman–Crippen MR) is 80.5 cm³/mol. The molecule has 0 aliphatic carbocycles. The summed E-state index contributed by atoms with van der Waals surface area (Å²) in [5.74, 6) is 0.00739. The average Bonchev–Trinajstić information content (AvgIpc) is 2.53. The van der Waals surface area contributed by atoms with Crippen molar-refractivity contribution in [3.8, 4) is 17.6 Å². The molecule has 6 heteroatoms. The first-order chi connectivity index (χ1) is 10.7. The number of nitrogens with zero attached hydrogens (tertiary/aromatic N) is 2. The Morgan fingerprint density at radius 2 is 2.14 bits per heavy atom. The Bertz CT molecular complexity index is 735. The molecule has 110 valence electrons. The summed E-state index contributed by atoms with van der Waals surface area (Å²) < 4.78 is 5.26. The average molecular weight is 295 g/mol. The number of nitriles is 1. The number of hydrogen-bond acceptors (Lipinski definition) is 5. The fourth-order valence-electron chi connectivity index (χ4n) is 1.64. The van der Waals surface area contributed by atoms with Gasteiger partial charge in [-0.15, -0.1) is 0 Å². The smallest absolute Gasteiger partial charge is 0.277 e. The van der Waals surface area contributed by atoms with Gasteiger partial charge in [0.15, 0.2) is 6.61 Å². The van der Waals surface area contributed by atoms with E-state index in [9.17, 15) is 9.90 Å². The Labute approximate surface area is 127 Å². The van der Waals surface area contributed by atoms with E-state index >= 15 is 0 Å². The van der Waals surface area contributed by atoms with E-state index in [1.54, 1.807) is 36.4 Å². The number of carbonyl (C=O) groups is 1. The van der Waals surface area contributed by atoms with Crippen molar-refractivity contribution < 1.29 is 14.6 Å². The van der Waals surface area contributed by atoms with Crippen LogP contribution in [0, 0.1) is 11.3 Å². The van der Waals surface area contributed by atoms with Gasteiger partial charge in [-0.1, -0.05) is 24.3 Å². The van der Waals surface area contributed by atoms with E-state index in [0.717, 1.165) is 0 Å². The Morgan fingerprint density at radius 1 is 1.32 bits per heavy atom. The molecule has 0 aromatic heterocycles. The number of hydrazone groups is 1. The molecule has 0 radical (unpaired) electrons. The maximum absolute atomic E-state index is 11.6. The van der Waals surface area contributed by atoms with E-state index in [4.69, 9.17) is 10.00 Å². The molecular weight excluding hydrogens is 282 g/mol. The maximum Gasteiger partial charge on any atom is 0.277 e. The number of para-hydroxylation sites is 1. The highest BCUT2D eigenvalue weighted by molar-refractivity contribution is 5.83. The standard InChI is InChI=1S/C16H13N3O3/c17-9-13-5-1-2-7-15(13)22-11-16(21)19-18-10-12-4-3-6-14(20)8-12/h1-8,10,20H,11H2,(H,19,21). The molecule has 6 nitrogen and oxygen atoms in total. The quantitative estimate of drug-likeness (QED) is 0.649. The van der Waals surface area contributed by atoms with Crippen LogP contribution in [-0.4, -0.2) is 23.8 Å². The first kappa shape index (κ1) is 15.1. The van der Waals surface area contributed by atoms with Crippen LogP contribution < -0.4 is 10.2 Å². The molecule has 2 aromatic carbocycles. The van der Waals surface area contributed by atoms with Gasteiger partial charge in [-0.25, -0.2) is 5.43 Å². The van der Waals surface area contributed by atoms with E-state index in [2.05, 4.69) is 10.5 Å². The largest absolute Gasteiger partial charge is 0.508 e. The van der Waals surface area contributed by atoms with Gasteiger partial charge in [-0.2, -0.15) is 10.4 Å². The highest BCUT2D eigenvalue weighted by Gasteiger charge is 2.05. The summed E-state index contributed by atoms with van der Waals surface area (Å²) in [7, 11) is 0. The molecule has 0 aliphatic heterocycles. The van der Waals surface area contributed by atoms with Crippen LogP contribution in [0.2, 0.25) is 0 Å².